The van der Waals surface area contributed by atoms with Gasteiger partial charge in [-0.25, -0.2) is 13.4 Å². The minimum Gasteiger partial charge on any atom is -0.373 e. The zero-order valence-corrected chi connectivity index (χ0v) is 14.7. The molecule has 120 valence electrons. The highest BCUT2D eigenvalue weighted by atomic mass is 32.2. The number of hydrogen-bond acceptors (Lipinski definition) is 5. The summed E-state index contributed by atoms with van der Waals surface area (Å²) in [5, 5.41) is 0. The predicted octanol–water partition coefficient (Wildman–Crippen LogP) is 3.49. The van der Waals surface area contributed by atoms with E-state index in [1.807, 2.05) is 20.0 Å². The van der Waals surface area contributed by atoms with Gasteiger partial charge in [0.15, 0.2) is 0 Å². The normalized spacial score (nSPS) is 11.4. The highest BCUT2D eigenvalue weighted by Crippen LogP contribution is 2.23. The molecule has 0 aliphatic heterocycles. The molecule has 0 spiro atoms. The van der Waals surface area contributed by atoms with Gasteiger partial charge in [0.05, 0.1) is 11.9 Å². The van der Waals surface area contributed by atoms with Gasteiger partial charge in [-0.05, 0) is 37.6 Å². The number of aryl methyl sites for hydroxylation is 1. The molecule has 0 atom stereocenters. The van der Waals surface area contributed by atoms with E-state index in [0.29, 0.717) is 10.0 Å². The van der Waals surface area contributed by atoms with Crippen LogP contribution in [0.15, 0.2) is 34.7 Å². The summed E-state index contributed by atoms with van der Waals surface area (Å²) in [5.74, 6) is 0.332. The lowest BCUT2D eigenvalue weighted by molar-refractivity contribution is 0.603. The van der Waals surface area contributed by atoms with Gasteiger partial charge in [-0.3, -0.25) is 4.72 Å². The Kier molecular flexibility index (Phi) is 5.42. The van der Waals surface area contributed by atoms with Gasteiger partial charge < -0.3 is 4.90 Å². The van der Waals surface area contributed by atoms with Crippen molar-refractivity contribution in [1.29, 1.82) is 0 Å². The molecule has 2 aromatic rings. The van der Waals surface area contributed by atoms with Gasteiger partial charge in [0.1, 0.15) is 10.0 Å². The van der Waals surface area contributed by atoms with Gasteiger partial charge >= 0.3 is 0 Å². The Labute approximate surface area is 136 Å². The summed E-state index contributed by atoms with van der Waals surface area (Å²) in [6, 6.07) is 6.96. The third kappa shape index (κ3) is 4.20. The molecule has 1 N–H and O–H groups in total. The van der Waals surface area contributed by atoms with Crippen molar-refractivity contribution in [3.63, 3.8) is 0 Å². The number of sulfonamides is 1. The van der Waals surface area contributed by atoms with Crippen molar-refractivity contribution in [3.05, 3.63) is 35.3 Å². The Balaban J connectivity index is 2.08. The maximum atomic E-state index is 12.2. The Hall–Kier alpha value is -1.60. The second-order valence-corrected chi connectivity index (χ2v) is 8.34. The first kappa shape index (κ1) is 16.8. The van der Waals surface area contributed by atoms with Crippen molar-refractivity contribution < 1.29 is 8.42 Å². The minimum atomic E-state index is -3.55. The maximum absolute atomic E-state index is 12.2. The van der Waals surface area contributed by atoms with E-state index in [2.05, 4.69) is 21.5 Å². The van der Waals surface area contributed by atoms with Crippen LogP contribution in [0.4, 0.5) is 11.5 Å². The minimum absolute atomic E-state index is 0.302. The molecule has 0 radical (unpaired) electrons. The number of rotatable bonds is 7. The van der Waals surface area contributed by atoms with Gasteiger partial charge in [-0.2, -0.15) is 0 Å². The molecule has 0 aromatic carbocycles. The van der Waals surface area contributed by atoms with Gasteiger partial charge in [0, 0.05) is 18.5 Å². The van der Waals surface area contributed by atoms with Crippen LogP contribution in [0, 0.1) is 6.92 Å². The van der Waals surface area contributed by atoms with E-state index in [-0.39, 0.29) is 0 Å². The third-order valence-electron chi connectivity index (χ3n) is 3.26. The highest BCUT2D eigenvalue weighted by molar-refractivity contribution is 7.94. The monoisotopic (exact) mass is 339 g/mol. The Morgan fingerprint density at radius 1 is 1.27 bits per heavy atom. The zero-order chi connectivity index (χ0) is 16.2. The van der Waals surface area contributed by atoms with E-state index < -0.39 is 10.0 Å². The summed E-state index contributed by atoms with van der Waals surface area (Å²) < 4.78 is 27.3. The van der Waals surface area contributed by atoms with Crippen LogP contribution in [0.5, 0.6) is 0 Å². The van der Waals surface area contributed by atoms with Gasteiger partial charge in [0.25, 0.3) is 10.0 Å². The number of pyridine rings is 1. The van der Waals surface area contributed by atoms with Crippen LogP contribution in [0.3, 0.4) is 0 Å². The lowest BCUT2D eigenvalue weighted by Crippen LogP contribution is -2.18. The van der Waals surface area contributed by atoms with E-state index in [9.17, 15) is 8.42 Å². The van der Waals surface area contributed by atoms with Crippen LogP contribution < -0.4 is 9.62 Å². The van der Waals surface area contributed by atoms with E-state index >= 15 is 0 Å². The number of hydrogen-bond donors (Lipinski definition) is 1. The molecule has 0 aliphatic rings. The van der Waals surface area contributed by atoms with Crippen molar-refractivity contribution in [2.45, 2.75) is 30.9 Å². The first-order chi connectivity index (χ1) is 10.4. The van der Waals surface area contributed by atoms with Crippen LogP contribution in [0.2, 0.25) is 0 Å². The number of aromatic nitrogens is 1. The number of nitrogens with one attached hydrogen (secondary N) is 1. The average molecular weight is 339 g/mol. The summed E-state index contributed by atoms with van der Waals surface area (Å²) in [7, 11) is -1.54. The topological polar surface area (TPSA) is 62.3 Å². The van der Waals surface area contributed by atoms with Crippen molar-refractivity contribution in [2.75, 3.05) is 23.2 Å². The molecule has 2 rings (SSSR count). The molecule has 2 aromatic heterocycles. The SMILES string of the molecule is CCCCN(C)c1ccc(NS(=O)(=O)c2ccc(C)s2)nc1. The van der Waals surface area contributed by atoms with Crippen molar-refractivity contribution >= 4 is 32.9 Å². The van der Waals surface area contributed by atoms with Crippen LogP contribution in [0.25, 0.3) is 0 Å². The second kappa shape index (κ2) is 7.11. The lowest BCUT2D eigenvalue weighted by atomic mass is 10.3. The summed E-state index contributed by atoms with van der Waals surface area (Å²) in [6.45, 7) is 4.98. The fourth-order valence-electron chi connectivity index (χ4n) is 1.94. The highest BCUT2D eigenvalue weighted by Gasteiger charge is 2.16. The van der Waals surface area contributed by atoms with Crippen molar-refractivity contribution in [2.24, 2.45) is 0 Å². The average Bonchev–Trinajstić information content (AvgIpc) is 2.92. The largest absolute Gasteiger partial charge is 0.373 e. The Bertz CT molecular complexity index is 709. The van der Waals surface area contributed by atoms with Crippen molar-refractivity contribution in [3.8, 4) is 0 Å². The fourth-order valence-corrected chi connectivity index (χ4v) is 4.23. The Morgan fingerprint density at radius 2 is 2.05 bits per heavy atom. The van der Waals surface area contributed by atoms with Gasteiger partial charge in [-0.1, -0.05) is 13.3 Å². The van der Waals surface area contributed by atoms with E-state index in [4.69, 9.17) is 0 Å². The fraction of sp³-hybridized carbons (Fsp3) is 0.400. The van der Waals surface area contributed by atoms with Crippen LogP contribution >= 0.6 is 11.3 Å². The second-order valence-electron chi connectivity index (χ2n) is 5.15. The van der Waals surface area contributed by atoms with Crippen LogP contribution in [0.1, 0.15) is 24.6 Å². The number of unbranched alkanes of at least 4 members (excludes halogenated alkanes) is 1. The van der Waals surface area contributed by atoms with E-state index in [1.54, 1.807) is 24.4 Å². The molecule has 0 unspecified atom stereocenters. The smallest absolute Gasteiger partial charge is 0.272 e. The van der Waals surface area contributed by atoms with Gasteiger partial charge in [-0.15, -0.1) is 11.3 Å². The first-order valence-electron chi connectivity index (χ1n) is 7.19. The maximum Gasteiger partial charge on any atom is 0.272 e. The number of nitrogens with zero attached hydrogens (tertiary/aromatic N) is 2. The summed E-state index contributed by atoms with van der Waals surface area (Å²) in [6.07, 6.45) is 3.94. The number of anilines is 2. The molecule has 0 bridgehead atoms. The molecule has 7 heteroatoms. The van der Waals surface area contributed by atoms with Gasteiger partial charge in [0.2, 0.25) is 0 Å². The summed E-state index contributed by atoms with van der Waals surface area (Å²) in [4.78, 5) is 7.27. The summed E-state index contributed by atoms with van der Waals surface area (Å²) in [5.41, 5.74) is 0.975. The first-order valence-corrected chi connectivity index (χ1v) is 9.49. The van der Waals surface area contributed by atoms with Crippen LogP contribution in [-0.2, 0) is 10.0 Å². The molecule has 0 saturated carbocycles. The third-order valence-corrected chi connectivity index (χ3v) is 6.10. The van der Waals surface area contributed by atoms with Crippen LogP contribution in [-0.4, -0.2) is 27.0 Å². The van der Waals surface area contributed by atoms with Crippen molar-refractivity contribution in [1.82, 2.24) is 4.98 Å². The molecule has 5 nitrogen and oxygen atoms in total. The van der Waals surface area contributed by atoms with E-state index in [0.717, 1.165) is 30.0 Å². The Morgan fingerprint density at radius 3 is 2.59 bits per heavy atom. The molecule has 0 aliphatic carbocycles. The molecule has 0 saturated heterocycles. The quantitative estimate of drug-likeness (QED) is 0.839. The summed E-state index contributed by atoms with van der Waals surface area (Å²) >= 11 is 1.24. The molecular weight excluding hydrogens is 318 g/mol. The zero-order valence-electron chi connectivity index (χ0n) is 13.0. The molecule has 0 amide bonds. The molecule has 22 heavy (non-hydrogen) atoms. The predicted molar refractivity (Wildman–Crippen MR) is 92.3 cm³/mol. The molecular formula is C15H21N3O2S2. The lowest BCUT2D eigenvalue weighted by Gasteiger charge is -2.18. The standard InChI is InChI=1S/C15H21N3O2S2/c1-4-5-10-18(3)13-7-8-14(16-11-13)17-22(19,20)15-9-6-12(2)21-15/h6-9,11H,4-5,10H2,1-3H3,(H,16,17). The molecule has 0 fully saturated rings. The number of thiophene rings is 1. The van der Waals surface area contributed by atoms with E-state index in [1.165, 1.54) is 11.3 Å². The molecule has 2 heterocycles.